The Bertz CT molecular complexity index is 799. The molecule has 156 valence electrons. The largest absolute Gasteiger partial charge is 0.355 e. The molecule has 0 aromatic heterocycles. The van der Waals surface area contributed by atoms with E-state index in [2.05, 4.69) is 42.6 Å². The van der Waals surface area contributed by atoms with Gasteiger partial charge in [0.1, 0.15) is 6.04 Å². The normalized spacial score (nSPS) is 11.7. The van der Waals surface area contributed by atoms with Gasteiger partial charge in [-0.05, 0) is 49.8 Å². The van der Waals surface area contributed by atoms with Gasteiger partial charge in [-0.2, -0.15) is 0 Å². The van der Waals surface area contributed by atoms with Crippen LogP contribution < -0.4 is 5.32 Å². The standard InChI is InChI=1S/C25H34N2O2/c1-5-20-11-13-21(14-12-20)15-16-24(28)27(23(6-2)25(29)26-7-3)18-22-10-8-9-19(4)17-22/h8-14,17,23H,5-7,15-16,18H2,1-4H3,(H,26,29)/t23-/m1/s1. The van der Waals surface area contributed by atoms with E-state index in [9.17, 15) is 9.59 Å². The van der Waals surface area contributed by atoms with Crippen molar-refractivity contribution in [2.24, 2.45) is 0 Å². The third kappa shape index (κ3) is 6.74. The fourth-order valence-corrected chi connectivity index (χ4v) is 3.56. The van der Waals surface area contributed by atoms with Crippen molar-refractivity contribution in [1.82, 2.24) is 10.2 Å². The maximum absolute atomic E-state index is 13.2. The van der Waals surface area contributed by atoms with Crippen molar-refractivity contribution in [3.05, 3.63) is 70.8 Å². The summed E-state index contributed by atoms with van der Waals surface area (Å²) < 4.78 is 0. The number of benzene rings is 2. The molecule has 0 heterocycles. The van der Waals surface area contributed by atoms with E-state index in [1.54, 1.807) is 4.90 Å². The molecular formula is C25H34N2O2. The quantitative estimate of drug-likeness (QED) is 0.648. The fourth-order valence-electron chi connectivity index (χ4n) is 3.56. The summed E-state index contributed by atoms with van der Waals surface area (Å²) in [4.78, 5) is 27.6. The summed E-state index contributed by atoms with van der Waals surface area (Å²) in [6.07, 6.45) is 2.68. The van der Waals surface area contributed by atoms with Crippen LogP contribution in [0.4, 0.5) is 0 Å². The van der Waals surface area contributed by atoms with E-state index >= 15 is 0 Å². The average Bonchev–Trinajstić information content (AvgIpc) is 2.72. The third-order valence-corrected chi connectivity index (χ3v) is 5.23. The van der Waals surface area contributed by atoms with Gasteiger partial charge in [-0.3, -0.25) is 9.59 Å². The summed E-state index contributed by atoms with van der Waals surface area (Å²) in [6, 6.07) is 16.1. The summed E-state index contributed by atoms with van der Waals surface area (Å²) in [6.45, 7) is 9.04. The molecule has 0 saturated heterocycles. The number of nitrogens with one attached hydrogen (secondary N) is 1. The van der Waals surface area contributed by atoms with Gasteiger partial charge in [0.05, 0.1) is 0 Å². The van der Waals surface area contributed by atoms with E-state index in [4.69, 9.17) is 0 Å². The SMILES string of the molecule is CCNC(=O)[C@@H](CC)N(Cc1cccc(C)c1)C(=O)CCc1ccc(CC)cc1. The van der Waals surface area contributed by atoms with Gasteiger partial charge in [0.2, 0.25) is 11.8 Å². The number of carbonyl (C=O) groups excluding carboxylic acids is 2. The Labute approximate surface area is 175 Å². The van der Waals surface area contributed by atoms with Crippen molar-refractivity contribution in [3.63, 3.8) is 0 Å². The summed E-state index contributed by atoms with van der Waals surface area (Å²) in [5.74, 6) is -0.0625. The molecule has 2 aromatic rings. The van der Waals surface area contributed by atoms with Crippen molar-refractivity contribution >= 4 is 11.8 Å². The predicted octanol–water partition coefficient (Wildman–Crippen LogP) is 4.43. The first-order valence-corrected chi connectivity index (χ1v) is 10.7. The third-order valence-electron chi connectivity index (χ3n) is 5.23. The molecule has 4 heteroatoms. The predicted molar refractivity (Wildman–Crippen MR) is 119 cm³/mol. The second-order valence-electron chi connectivity index (χ2n) is 7.50. The van der Waals surface area contributed by atoms with Crippen molar-refractivity contribution in [3.8, 4) is 0 Å². The van der Waals surface area contributed by atoms with Gasteiger partial charge in [-0.15, -0.1) is 0 Å². The fraction of sp³-hybridized carbons (Fsp3) is 0.440. The van der Waals surface area contributed by atoms with Crippen LogP contribution in [0.2, 0.25) is 0 Å². The number of nitrogens with zero attached hydrogens (tertiary/aromatic N) is 1. The molecule has 0 bridgehead atoms. The van der Waals surface area contributed by atoms with Gasteiger partial charge in [0, 0.05) is 19.5 Å². The number of hydrogen-bond acceptors (Lipinski definition) is 2. The molecule has 0 spiro atoms. The number of likely N-dealkylation sites (N-methyl/N-ethyl adjacent to an activating group) is 1. The molecule has 2 amide bonds. The first-order valence-electron chi connectivity index (χ1n) is 10.7. The topological polar surface area (TPSA) is 49.4 Å². The second kappa shape index (κ2) is 11.4. The van der Waals surface area contributed by atoms with Crippen LogP contribution in [0.25, 0.3) is 0 Å². The lowest BCUT2D eigenvalue weighted by molar-refractivity contribution is -0.141. The van der Waals surface area contributed by atoms with Crippen LogP contribution in [-0.2, 0) is 29.0 Å². The van der Waals surface area contributed by atoms with Gasteiger partial charge in [-0.25, -0.2) is 0 Å². The monoisotopic (exact) mass is 394 g/mol. The number of amides is 2. The molecule has 0 fully saturated rings. The lowest BCUT2D eigenvalue weighted by atomic mass is 10.0. The minimum absolute atomic E-state index is 0.0178. The smallest absolute Gasteiger partial charge is 0.242 e. The summed E-state index contributed by atoms with van der Waals surface area (Å²) >= 11 is 0. The zero-order valence-electron chi connectivity index (χ0n) is 18.2. The van der Waals surface area contributed by atoms with Crippen molar-refractivity contribution in [1.29, 1.82) is 0 Å². The van der Waals surface area contributed by atoms with Crippen LogP contribution in [0.15, 0.2) is 48.5 Å². The first kappa shape index (κ1) is 22.7. The van der Waals surface area contributed by atoms with Crippen molar-refractivity contribution in [2.45, 2.75) is 66.0 Å². The molecular weight excluding hydrogens is 360 g/mol. The first-order chi connectivity index (χ1) is 14.0. The molecule has 0 aliphatic carbocycles. The molecule has 1 atom stereocenters. The Morgan fingerprint density at radius 3 is 2.24 bits per heavy atom. The summed E-state index contributed by atoms with van der Waals surface area (Å²) in [5.41, 5.74) is 4.64. The minimum atomic E-state index is -0.453. The van der Waals surface area contributed by atoms with Gasteiger partial charge in [0.15, 0.2) is 0 Å². The van der Waals surface area contributed by atoms with E-state index in [1.165, 1.54) is 5.56 Å². The van der Waals surface area contributed by atoms with E-state index in [0.29, 0.717) is 32.4 Å². The molecule has 2 aromatic carbocycles. The van der Waals surface area contributed by atoms with Crippen LogP contribution in [0.3, 0.4) is 0 Å². The maximum Gasteiger partial charge on any atom is 0.242 e. The van der Waals surface area contributed by atoms with Gasteiger partial charge < -0.3 is 10.2 Å². The van der Waals surface area contributed by atoms with Crippen LogP contribution in [0, 0.1) is 6.92 Å². The summed E-state index contributed by atoms with van der Waals surface area (Å²) in [5, 5.41) is 2.88. The zero-order chi connectivity index (χ0) is 21.2. The van der Waals surface area contributed by atoms with Crippen molar-refractivity contribution in [2.75, 3.05) is 6.54 Å². The van der Waals surface area contributed by atoms with Gasteiger partial charge in [-0.1, -0.05) is 67.9 Å². The Balaban J connectivity index is 2.17. The van der Waals surface area contributed by atoms with E-state index in [-0.39, 0.29) is 11.8 Å². The number of carbonyl (C=O) groups is 2. The Kier molecular flexibility index (Phi) is 8.91. The molecule has 4 nitrogen and oxygen atoms in total. The summed E-state index contributed by atoms with van der Waals surface area (Å²) in [7, 11) is 0. The highest BCUT2D eigenvalue weighted by Gasteiger charge is 2.28. The van der Waals surface area contributed by atoms with Crippen LogP contribution in [0.5, 0.6) is 0 Å². The second-order valence-corrected chi connectivity index (χ2v) is 7.50. The van der Waals surface area contributed by atoms with Gasteiger partial charge in [0.25, 0.3) is 0 Å². The molecule has 29 heavy (non-hydrogen) atoms. The molecule has 2 rings (SSSR count). The van der Waals surface area contributed by atoms with Crippen LogP contribution in [0.1, 0.15) is 55.9 Å². The molecule has 1 N–H and O–H groups in total. The molecule has 0 aliphatic rings. The van der Waals surface area contributed by atoms with E-state index in [1.807, 2.05) is 39.0 Å². The molecule has 0 aliphatic heterocycles. The van der Waals surface area contributed by atoms with E-state index < -0.39 is 6.04 Å². The highest BCUT2D eigenvalue weighted by atomic mass is 16.2. The minimum Gasteiger partial charge on any atom is -0.355 e. The molecule has 0 saturated carbocycles. The zero-order valence-corrected chi connectivity index (χ0v) is 18.2. The highest BCUT2D eigenvalue weighted by molar-refractivity contribution is 5.87. The van der Waals surface area contributed by atoms with E-state index in [0.717, 1.165) is 23.1 Å². The number of hydrogen-bond donors (Lipinski definition) is 1. The Morgan fingerprint density at radius 2 is 1.66 bits per heavy atom. The Morgan fingerprint density at radius 1 is 0.966 bits per heavy atom. The van der Waals surface area contributed by atoms with Gasteiger partial charge >= 0.3 is 0 Å². The average molecular weight is 395 g/mol. The van der Waals surface area contributed by atoms with Crippen LogP contribution >= 0.6 is 0 Å². The molecule has 0 radical (unpaired) electrons. The van der Waals surface area contributed by atoms with Crippen molar-refractivity contribution < 1.29 is 9.59 Å². The Hall–Kier alpha value is -2.62. The molecule has 0 unspecified atom stereocenters. The highest BCUT2D eigenvalue weighted by Crippen LogP contribution is 2.16. The number of aryl methyl sites for hydroxylation is 3. The number of rotatable bonds is 10. The maximum atomic E-state index is 13.2. The lowest BCUT2D eigenvalue weighted by Crippen LogP contribution is -2.49. The lowest BCUT2D eigenvalue weighted by Gasteiger charge is -2.30. The van der Waals surface area contributed by atoms with Crippen LogP contribution in [-0.4, -0.2) is 29.3 Å².